The lowest BCUT2D eigenvalue weighted by molar-refractivity contribution is -0.116. The number of hydrogen-bond donors (Lipinski definition) is 1. The number of rotatable bonds is 6. The number of nitrogens with zero attached hydrogens (tertiary/aromatic N) is 2. The Morgan fingerprint density at radius 2 is 1.86 bits per heavy atom. The molecule has 0 radical (unpaired) electrons. The monoisotopic (exact) mass is 423 g/mol. The Hall–Kier alpha value is -2.13. The standard InChI is InChI=1S/C19H22ClN3O4S/c1-22(28(25,26)16-5-3-2-4-6-16)14-19(24)21-17-13-15(20)7-8-18(17)23-9-11-27-12-10-23/h2-8,13H,9-12,14H2,1H3,(H,21,24). The average molecular weight is 424 g/mol. The van der Waals surface area contributed by atoms with Crippen LogP contribution in [0.2, 0.25) is 5.02 Å². The summed E-state index contributed by atoms with van der Waals surface area (Å²) in [6.45, 7) is 2.30. The molecule has 2 aromatic rings. The molecule has 1 N–H and O–H groups in total. The van der Waals surface area contributed by atoms with Crippen molar-refractivity contribution in [3.05, 3.63) is 53.6 Å². The van der Waals surface area contributed by atoms with Crippen molar-refractivity contribution < 1.29 is 17.9 Å². The topological polar surface area (TPSA) is 79.0 Å². The molecule has 1 heterocycles. The molecule has 3 rings (SSSR count). The minimum Gasteiger partial charge on any atom is -0.378 e. The van der Waals surface area contributed by atoms with E-state index in [4.69, 9.17) is 16.3 Å². The first-order chi connectivity index (χ1) is 13.4. The number of benzene rings is 2. The third-order valence-electron chi connectivity index (χ3n) is 4.40. The molecule has 150 valence electrons. The summed E-state index contributed by atoms with van der Waals surface area (Å²) in [6.07, 6.45) is 0. The summed E-state index contributed by atoms with van der Waals surface area (Å²) in [4.78, 5) is 14.8. The first kappa shape index (κ1) is 20.6. The highest BCUT2D eigenvalue weighted by Gasteiger charge is 2.23. The zero-order valence-electron chi connectivity index (χ0n) is 15.5. The Labute approximate surface area is 169 Å². The minimum atomic E-state index is -3.75. The fraction of sp³-hybridized carbons (Fsp3) is 0.316. The number of carbonyl (C=O) groups is 1. The summed E-state index contributed by atoms with van der Waals surface area (Å²) in [5.74, 6) is -0.446. The van der Waals surface area contributed by atoms with Crippen molar-refractivity contribution >= 4 is 38.9 Å². The van der Waals surface area contributed by atoms with Gasteiger partial charge in [0.05, 0.1) is 36.0 Å². The van der Waals surface area contributed by atoms with Crippen molar-refractivity contribution in [2.75, 3.05) is 50.1 Å². The number of likely N-dealkylation sites (N-methyl/N-ethyl adjacent to an activating group) is 1. The van der Waals surface area contributed by atoms with E-state index in [2.05, 4.69) is 10.2 Å². The maximum Gasteiger partial charge on any atom is 0.243 e. The van der Waals surface area contributed by atoms with Gasteiger partial charge in [-0.05, 0) is 30.3 Å². The van der Waals surface area contributed by atoms with Crippen molar-refractivity contribution in [3.8, 4) is 0 Å². The van der Waals surface area contributed by atoms with Gasteiger partial charge in [0.15, 0.2) is 0 Å². The third-order valence-corrected chi connectivity index (χ3v) is 6.45. The highest BCUT2D eigenvalue weighted by Crippen LogP contribution is 2.30. The number of hydrogen-bond acceptors (Lipinski definition) is 5. The van der Waals surface area contributed by atoms with E-state index < -0.39 is 15.9 Å². The molecule has 9 heteroatoms. The molecule has 1 amide bonds. The van der Waals surface area contributed by atoms with Crippen molar-refractivity contribution in [3.63, 3.8) is 0 Å². The predicted molar refractivity (Wildman–Crippen MR) is 109 cm³/mol. The summed E-state index contributed by atoms with van der Waals surface area (Å²) >= 11 is 6.10. The molecule has 0 aromatic heterocycles. The Morgan fingerprint density at radius 1 is 1.18 bits per heavy atom. The van der Waals surface area contributed by atoms with Gasteiger partial charge >= 0.3 is 0 Å². The first-order valence-electron chi connectivity index (χ1n) is 8.81. The second-order valence-electron chi connectivity index (χ2n) is 6.38. The molecular weight excluding hydrogens is 402 g/mol. The van der Waals surface area contributed by atoms with Crippen molar-refractivity contribution in [2.24, 2.45) is 0 Å². The summed E-state index contributed by atoms with van der Waals surface area (Å²) in [5.41, 5.74) is 1.37. The van der Waals surface area contributed by atoms with Crippen molar-refractivity contribution in [1.29, 1.82) is 0 Å². The zero-order valence-corrected chi connectivity index (χ0v) is 17.0. The van der Waals surface area contributed by atoms with Gasteiger partial charge in [-0.3, -0.25) is 4.79 Å². The van der Waals surface area contributed by atoms with E-state index in [1.54, 1.807) is 30.3 Å². The van der Waals surface area contributed by atoms with Gasteiger partial charge in [0, 0.05) is 25.2 Å². The van der Waals surface area contributed by atoms with Gasteiger partial charge < -0.3 is 15.0 Å². The molecule has 1 fully saturated rings. The summed E-state index contributed by atoms with van der Waals surface area (Å²) in [5, 5.41) is 3.28. The lowest BCUT2D eigenvalue weighted by Gasteiger charge is -2.30. The van der Waals surface area contributed by atoms with Crippen LogP contribution < -0.4 is 10.2 Å². The molecule has 7 nitrogen and oxygen atoms in total. The van der Waals surface area contributed by atoms with Gasteiger partial charge in [-0.2, -0.15) is 4.31 Å². The summed E-state index contributed by atoms with van der Waals surface area (Å²) in [6, 6.07) is 13.3. The van der Waals surface area contributed by atoms with Gasteiger partial charge in [-0.15, -0.1) is 0 Å². The molecule has 0 aliphatic carbocycles. The molecule has 0 atom stereocenters. The molecule has 0 spiro atoms. The number of ether oxygens (including phenoxy) is 1. The second-order valence-corrected chi connectivity index (χ2v) is 8.86. The number of nitrogens with one attached hydrogen (secondary N) is 1. The molecule has 28 heavy (non-hydrogen) atoms. The number of halogens is 1. The molecule has 2 aromatic carbocycles. The highest BCUT2D eigenvalue weighted by molar-refractivity contribution is 7.89. The molecule has 0 bridgehead atoms. The van der Waals surface area contributed by atoms with Crippen LogP contribution in [0.4, 0.5) is 11.4 Å². The minimum absolute atomic E-state index is 0.141. The Kier molecular flexibility index (Phi) is 6.56. The quantitative estimate of drug-likeness (QED) is 0.772. The number of sulfonamides is 1. The highest BCUT2D eigenvalue weighted by atomic mass is 35.5. The van der Waals surface area contributed by atoms with Crippen LogP contribution in [-0.2, 0) is 19.6 Å². The fourth-order valence-corrected chi connectivity index (χ4v) is 4.26. The van der Waals surface area contributed by atoms with Gasteiger partial charge in [-0.1, -0.05) is 29.8 Å². The van der Waals surface area contributed by atoms with Gasteiger partial charge in [-0.25, -0.2) is 8.42 Å². The number of amides is 1. The average Bonchev–Trinajstić information content (AvgIpc) is 2.69. The molecule has 1 saturated heterocycles. The Balaban J connectivity index is 1.73. The van der Waals surface area contributed by atoms with Crippen LogP contribution in [0.5, 0.6) is 0 Å². The SMILES string of the molecule is CN(CC(=O)Nc1cc(Cl)ccc1N1CCOCC1)S(=O)(=O)c1ccccc1. The van der Waals surface area contributed by atoms with E-state index in [0.717, 1.165) is 9.99 Å². The lowest BCUT2D eigenvalue weighted by Crippen LogP contribution is -2.38. The van der Waals surface area contributed by atoms with Gasteiger partial charge in [0.25, 0.3) is 0 Å². The fourth-order valence-electron chi connectivity index (χ4n) is 2.94. The van der Waals surface area contributed by atoms with Crippen LogP contribution in [0.3, 0.4) is 0 Å². The third kappa shape index (κ3) is 4.82. The molecule has 0 unspecified atom stereocenters. The van der Waals surface area contributed by atoms with Crippen LogP contribution in [0.15, 0.2) is 53.4 Å². The number of carbonyl (C=O) groups excluding carboxylic acids is 1. The number of morpholine rings is 1. The first-order valence-corrected chi connectivity index (χ1v) is 10.6. The predicted octanol–water partition coefficient (Wildman–Crippen LogP) is 2.44. The molecule has 1 aliphatic heterocycles. The van der Waals surface area contributed by atoms with Crippen LogP contribution in [-0.4, -0.2) is 58.5 Å². The van der Waals surface area contributed by atoms with E-state index in [9.17, 15) is 13.2 Å². The smallest absolute Gasteiger partial charge is 0.243 e. The van der Waals surface area contributed by atoms with E-state index in [0.29, 0.717) is 37.0 Å². The van der Waals surface area contributed by atoms with Crippen molar-refractivity contribution in [2.45, 2.75) is 4.90 Å². The number of anilines is 2. The van der Waals surface area contributed by atoms with Crippen LogP contribution in [0.25, 0.3) is 0 Å². The summed E-state index contributed by atoms with van der Waals surface area (Å²) in [7, 11) is -2.37. The van der Waals surface area contributed by atoms with E-state index >= 15 is 0 Å². The Bertz CT molecular complexity index is 931. The lowest BCUT2D eigenvalue weighted by atomic mass is 10.2. The molecule has 0 saturated carbocycles. The zero-order chi connectivity index (χ0) is 20.1. The van der Waals surface area contributed by atoms with Gasteiger partial charge in [0.2, 0.25) is 15.9 Å². The van der Waals surface area contributed by atoms with Crippen molar-refractivity contribution in [1.82, 2.24) is 4.31 Å². The van der Waals surface area contributed by atoms with Gasteiger partial charge in [0.1, 0.15) is 0 Å². The van der Waals surface area contributed by atoms with Crippen LogP contribution >= 0.6 is 11.6 Å². The van der Waals surface area contributed by atoms with Crippen LogP contribution in [0.1, 0.15) is 0 Å². The maximum atomic E-state index is 12.6. The summed E-state index contributed by atoms with van der Waals surface area (Å²) < 4.78 is 31.6. The maximum absolute atomic E-state index is 12.6. The van der Waals surface area contributed by atoms with E-state index in [-0.39, 0.29) is 11.4 Å². The van der Waals surface area contributed by atoms with Crippen LogP contribution in [0, 0.1) is 0 Å². The normalized spacial score (nSPS) is 14.9. The van der Waals surface area contributed by atoms with E-state index in [1.807, 2.05) is 6.07 Å². The second kappa shape index (κ2) is 8.91. The van der Waals surface area contributed by atoms with E-state index in [1.165, 1.54) is 19.2 Å². The largest absolute Gasteiger partial charge is 0.378 e. The Morgan fingerprint density at radius 3 is 2.54 bits per heavy atom. The molecular formula is C19H22ClN3O4S. The molecule has 1 aliphatic rings.